The molecule has 1 amide bonds. The minimum Gasteiger partial charge on any atom is -0.366 e. The largest absolute Gasteiger partial charge is 0.366 e. The summed E-state index contributed by atoms with van der Waals surface area (Å²) < 4.78 is 15.9. The first-order chi connectivity index (χ1) is 9.65. The smallest absolute Gasteiger partial charge is 0.250 e. The Balaban J connectivity index is 2.28. The Morgan fingerprint density at radius 2 is 1.95 bits per heavy atom. The van der Waals surface area contributed by atoms with Gasteiger partial charge in [-0.05, 0) is 38.5 Å². The third-order valence-corrected chi connectivity index (χ3v) is 2.49. The first-order valence-corrected chi connectivity index (χ1v) is 6.83. The highest BCUT2D eigenvalue weighted by Crippen LogP contribution is 2.09. The van der Waals surface area contributed by atoms with Crippen molar-refractivity contribution in [2.75, 3.05) is 31.7 Å². The van der Waals surface area contributed by atoms with E-state index < -0.39 is 6.29 Å². The van der Waals surface area contributed by atoms with Crippen molar-refractivity contribution >= 4 is 11.6 Å². The van der Waals surface area contributed by atoms with Crippen LogP contribution in [0.3, 0.4) is 0 Å². The lowest BCUT2D eigenvalue weighted by Gasteiger charge is -2.16. The monoisotopic (exact) mass is 281 g/mol. The Morgan fingerprint density at radius 1 is 1.25 bits per heavy atom. The number of nitrogens with one attached hydrogen (secondary N) is 1. The van der Waals surface area contributed by atoms with Crippen LogP contribution in [0.5, 0.6) is 0 Å². The molecule has 0 aliphatic heterocycles. The Bertz CT molecular complexity index is 403. The van der Waals surface area contributed by atoms with Gasteiger partial charge in [0.2, 0.25) is 5.91 Å². The molecular weight excluding hydrogens is 258 g/mol. The number of amides is 1. The second-order valence-corrected chi connectivity index (χ2v) is 4.27. The topological polar surface area (TPSA) is 56.8 Å². The Kier molecular flexibility index (Phi) is 7.87. The van der Waals surface area contributed by atoms with Gasteiger partial charge in [-0.3, -0.25) is 4.79 Å². The van der Waals surface area contributed by atoms with E-state index in [9.17, 15) is 4.79 Å². The number of aryl methyl sites for hydroxylation is 1. The third kappa shape index (κ3) is 6.65. The predicted molar refractivity (Wildman–Crippen MR) is 77.7 cm³/mol. The molecule has 20 heavy (non-hydrogen) atoms. The molecule has 0 aliphatic rings. The maximum absolute atomic E-state index is 11.7. The molecule has 1 N–H and O–H groups in total. The van der Waals surface area contributed by atoms with Crippen molar-refractivity contribution in [3.05, 3.63) is 29.8 Å². The van der Waals surface area contributed by atoms with E-state index in [1.165, 1.54) is 0 Å². The van der Waals surface area contributed by atoms with Crippen LogP contribution in [-0.2, 0) is 19.0 Å². The Morgan fingerprint density at radius 3 is 2.55 bits per heavy atom. The fourth-order valence-electron chi connectivity index (χ4n) is 1.68. The summed E-state index contributed by atoms with van der Waals surface area (Å²) >= 11 is 0. The van der Waals surface area contributed by atoms with Crippen molar-refractivity contribution in [2.24, 2.45) is 0 Å². The second kappa shape index (κ2) is 9.47. The number of rotatable bonds is 9. The lowest BCUT2D eigenvalue weighted by Crippen LogP contribution is -2.27. The molecule has 0 radical (unpaired) electrons. The van der Waals surface area contributed by atoms with Crippen molar-refractivity contribution in [3.8, 4) is 0 Å². The third-order valence-electron chi connectivity index (χ3n) is 2.49. The number of ether oxygens (including phenoxy) is 3. The molecule has 0 fully saturated rings. The van der Waals surface area contributed by atoms with Gasteiger partial charge in [0, 0.05) is 18.9 Å². The molecule has 0 aliphatic carbocycles. The average Bonchev–Trinajstić information content (AvgIpc) is 2.39. The van der Waals surface area contributed by atoms with E-state index in [1.807, 2.05) is 45.0 Å². The Labute approximate surface area is 120 Å². The van der Waals surface area contributed by atoms with Crippen LogP contribution in [0.15, 0.2) is 24.3 Å². The van der Waals surface area contributed by atoms with Crippen molar-refractivity contribution in [2.45, 2.75) is 27.1 Å². The molecule has 0 spiro atoms. The highest BCUT2D eigenvalue weighted by molar-refractivity contribution is 5.91. The van der Waals surface area contributed by atoms with Crippen LogP contribution in [0.1, 0.15) is 19.4 Å². The highest BCUT2D eigenvalue weighted by Gasteiger charge is 2.09. The molecule has 5 nitrogen and oxygen atoms in total. The van der Waals surface area contributed by atoms with Crippen LogP contribution in [0, 0.1) is 6.92 Å². The van der Waals surface area contributed by atoms with Crippen LogP contribution in [0.4, 0.5) is 5.69 Å². The number of anilines is 1. The molecule has 0 atom stereocenters. The van der Waals surface area contributed by atoms with Crippen LogP contribution in [0.2, 0.25) is 0 Å². The van der Waals surface area contributed by atoms with Crippen molar-refractivity contribution in [3.63, 3.8) is 0 Å². The van der Waals surface area contributed by atoms with Crippen LogP contribution in [-0.4, -0.2) is 38.6 Å². The van der Waals surface area contributed by atoms with Gasteiger partial charge in [0.15, 0.2) is 6.29 Å². The van der Waals surface area contributed by atoms with Crippen LogP contribution in [0.25, 0.3) is 0 Å². The van der Waals surface area contributed by atoms with Crippen molar-refractivity contribution < 1.29 is 19.0 Å². The molecule has 0 bridgehead atoms. The van der Waals surface area contributed by atoms with Gasteiger partial charge in [-0.1, -0.05) is 12.1 Å². The predicted octanol–water partition coefficient (Wildman–Crippen LogP) is 2.35. The molecule has 1 aromatic rings. The second-order valence-electron chi connectivity index (χ2n) is 4.27. The van der Waals surface area contributed by atoms with E-state index >= 15 is 0 Å². The Hall–Kier alpha value is -1.43. The molecule has 0 heterocycles. The number of hydrogen-bond donors (Lipinski definition) is 1. The summed E-state index contributed by atoms with van der Waals surface area (Å²) in [6.45, 7) is 7.05. The average molecular weight is 281 g/mol. The molecular formula is C15H23NO4. The summed E-state index contributed by atoms with van der Waals surface area (Å²) in [6, 6.07) is 7.61. The summed E-state index contributed by atoms with van der Waals surface area (Å²) in [5.74, 6) is -0.192. The zero-order chi connectivity index (χ0) is 14.8. The van der Waals surface area contributed by atoms with E-state index in [-0.39, 0.29) is 19.1 Å². The van der Waals surface area contributed by atoms with E-state index in [4.69, 9.17) is 14.2 Å². The number of carbonyl (C=O) groups excluding carboxylic acids is 1. The molecule has 1 rings (SSSR count). The van der Waals surface area contributed by atoms with Crippen LogP contribution >= 0.6 is 0 Å². The van der Waals surface area contributed by atoms with Gasteiger partial charge in [-0.25, -0.2) is 0 Å². The van der Waals surface area contributed by atoms with Gasteiger partial charge < -0.3 is 19.5 Å². The SMILES string of the molecule is CCOC(COCC(=O)Nc1cccc(C)c1)OCC. The molecule has 0 unspecified atom stereocenters. The summed E-state index contributed by atoms with van der Waals surface area (Å²) in [6.07, 6.45) is -0.420. The van der Waals surface area contributed by atoms with E-state index in [0.29, 0.717) is 13.2 Å². The maximum atomic E-state index is 11.7. The number of benzene rings is 1. The summed E-state index contributed by atoms with van der Waals surface area (Å²) in [4.78, 5) is 11.7. The number of hydrogen-bond acceptors (Lipinski definition) is 4. The molecule has 0 saturated heterocycles. The first kappa shape index (κ1) is 16.6. The van der Waals surface area contributed by atoms with Gasteiger partial charge >= 0.3 is 0 Å². The van der Waals surface area contributed by atoms with Gasteiger partial charge in [-0.15, -0.1) is 0 Å². The van der Waals surface area contributed by atoms with E-state index in [0.717, 1.165) is 11.3 Å². The molecule has 0 saturated carbocycles. The number of carbonyl (C=O) groups is 1. The van der Waals surface area contributed by atoms with Gasteiger partial charge in [-0.2, -0.15) is 0 Å². The minimum absolute atomic E-state index is 0.0232. The molecule has 1 aromatic carbocycles. The minimum atomic E-state index is -0.420. The van der Waals surface area contributed by atoms with Gasteiger partial charge in [0.05, 0.1) is 6.61 Å². The first-order valence-electron chi connectivity index (χ1n) is 6.83. The summed E-state index contributed by atoms with van der Waals surface area (Å²) in [7, 11) is 0. The van der Waals surface area contributed by atoms with Gasteiger partial charge in [0.1, 0.15) is 6.61 Å². The maximum Gasteiger partial charge on any atom is 0.250 e. The molecule has 5 heteroatoms. The van der Waals surface area contributed by atoms with Gasteiger partial charge in [0.25, 0.3) is 0 Å². The summed E-state index contributed by atoms with van der Waals surface area (Å²) in [5, 5.41) is 2.77. The van der Waals surface area contributed by atoms with Crippen LogP contribution < -0.4 is 5.32 Å². The zero-order valence-corrected chi connectivity index (χ0v) is 12.3. The summed E-state index contributed by atoms with van der Waals surface area (Å²) in [5.41, 5.74) is 1.86. The van der Waals surface area contributed by atoms with Crippen molar-refractivity contribution in [1.82, 2.24) is 0 Å². The van der Waals surface area contributed by atoms with E-state index in [1.54, 1.807) is 0 Å². The zero-order valence-electron chi connectivity index (χ0n) is 12.3. The highest BCUT2D eigenvalue weighted by atomic mass is 16.7. The molecule has 112 valence electrons. The molecule has 0 aromatic heterocycles. The normalized spacial score (nSPS) is 10.8. The van der Waals surface area contributed by atoms with E-state index in [2.05, 4.69) is 5.32 Å². The fraction of sp³-hybridized carbons (Fsp3) is 0.533. The lowest BCUT2D eigenvalue weighted by atomic mass is 10.2. The fourth-order valence-corrected chi connectivity index (χ4v) is 1.68. The quantitative estimate of drug-likeness (QED) is 0.706. The standard InChI is InChI=1S/C15H23NO4/c1-4-19-15(20-5-2)11-18-10-14(17)16-13-8-6-7-12(3)9-13/h6-9,15H,4-5,10-11H2,1-3H3,(H,16,17). The lowest BCUT2D eigenvalue weighted by molar-refractivity contribution is -0.168. The van der Waals surface area contributed by atoms with Crippen molar-refractivity contribution in [1.29, 1.82) is 0 Å².